The van der Waals surface area contributed by atoms with E-state index in [9.17, 15) is 20.1 Å². The average Bonchev–Trinajstić information content (AvgIpc) is 3.32. The Bertz CT molecular complexity index is 1380. The van der Waals surface area contributed by atoms with Crippen LogP contribution >= 0.6 is 0 Å². The number of fused-ring (bicyclic) bond motifs is 6. The second-order valence-corrected chi connectivity index (χ2v) is 6.91. The van der Waals surface area contributed by atoms with Gasteiger partial charge in [-0.1, -0.05) is 0 Å². The number of phenolic OH excluding ortho intramolecular Hbond substituents is 2. The first-order valence-electron chi connectivity index (χ1n) is 8.77. The maximum atomic E-state index is 12.7. The van der Waals surface area contributed by atoms with Crippen molar-refractivity contribution in [3.63, 3.8) is 0 Å². The molecule has 0 radical (unpaired) electrons. The summed E-state index contributed by atoms with van der Waals surface area (Å²) >= 11 is 0. The molecular weight excluding hydrogens is 380 g/mol. The van der Waals surface area contributed by atoms with Crippen molar-refractivity contribution in [2.45, 2.75) is 12.4 Å². The van der Waals surface area contributed by atoms with Crippen LogP contribution in [0.1, 0.15) is 11.7 Å². The van der Waals surface area contributed by atoms with Crippen LogP contribution in [-0.2, 0) is 4.74 Å². The minimum absolute atomic E-state index is 0.0345. The second kappa shape index (κ2) is 5.33. The fourth-order valence-electron chi connectivity index (χ4n) is 3.78. The topological polar surface area (TPSA) is 126 Å². The molecule has 4 aromatic rings. The van der Waals surface area contributed by atoms with E-state index in [-0.39, 0.29) is 33.8 Å². The Morgan fingerprint density at radius 1 is 0.931 bits per heavy atom. The van der Waals surface area contributed by atoms with E-state index >= 15 is 0 Å². The third-order valence-corrected chi connectivity index (χ3v) is 5.15. The molecule has 8 nitrogen and oxygen atoms in total. The number of benzene rings is 2. The van der Waals surface area contributed by atoms with Gasteiger partial charge in [-0.05, 0) is 24.3 Å². The summed E-state index contributed by atoms with van der Waals surface area (Å²) in [5, 5.41) is 30.4. The third kappa shape index (κ3) is 2.20. The van der Waals surface area contributed by atoms with Crippen molar-refractivity contribution in [1.29, 1.82) is 0 Å². The molecule has 4 heterocycles. The Balaban J connectivity index is 1.63. The van der Waals surface area contributed by atoms with Crippen molar-refractivity contribution in [3.8, 4) is 45.4 Å². The molecule has 3 N–H and O–H groups in total. The van der Waals surface area contributed by atoms with Crippen molar-refractivity contribution >= 4 is 11.0 Å². The number of hydrogen-bond acceptors (Lipinski definition) is 8. The number of furan rings is 1. The van der Waals surface area contributed by atoms with Gasteiger partial charge in [0.1, 0.15) is 39.9 Å². The Labute approximate surface area is 161 Å². The van der Waals surface area contributed by atoms with Gasteiger partial charge < -0.3 is 33.6 Å². The molecule has 0 saturated carbocycles. The molecule has 8 heteroatoms. The summed E-state index contributed by atoms with van der Waals surface area (Å²) in [7, 11) is 0. The zero-order valence-electron chi connectivity index (χ0n) is 14.6. The SMILES string of the molecule is O=c1oc2cc(O)ccc2c(O)c1-c1coc2c1C1OC1Oc1cc(O)ccc1-2. The van der Waals surface area contributed by atoms with E-state index in [1.165, 1.54) is 36.6 Å². The van der Waals surface area contributed by atoms with Crippen LogP contribution in [0.5, 0.6) is 23.0 Å². The normalized spacial score (nSPS) is 19.0. The highest BCUT2D eigenvalue weighted by Crippen LogP contribution is 2.54. The lowest BCUT2D eigenvalue weighted by molar-refractivity contribution is 0.178. The fraction of sp³-hybridized carbons (Fsp3) is 0.0952. The molecule has 2 aliphatic heterocycles. The predicted molar refractivity (Wildman–Crippen MR) is 98.9 cm³/mol. The molecule has 2 atom stereocenters. The quantitative estimate of drug-likeness (QED) is 0.331. The Hall–Kier alpha value is -3.91. The molecule has 2 aromatic carbocycles. The van der Waals surface area contributed by atoms with Gasteiger partial charge in [-0.3, -0.25) is 0 Å². The number of epoxide rings is 1. The second-order valence-electron chi connectivity index (χ2n) is 6.91. The Kier molecular flexibility index (Phi) is 2.96. The third-order valence-electron chi connectivity index (χ3n) is 5.15. The van der Waals surface area contributed by atoms with Crippen LogP contribution in [0.4, 0.5) is 0 Å². The van der Waals surface area contributed by atoms with Crippen LogP contribution in [0.3, 0.4) is 0 Å². The summed E-state index contributed by atoms with van der Waals surface area (Å²) in [6.07, 6.45) is 0.270. The van der Waals surface area contributed by atoms with E-state index in [2.05, 4.69) is 0 Å². The van der Waals surface area contributed by atoms with Crippen LogP contribution < -0.4 is 10.4 Å². The molecule has 1 fully saturated rings. The van der Waals surface area contributed by atoms with Gasteiger partial charge in [0.05, 0.1) is 17.2 Å². The number of hydrogen-bond donors (Lipinski definition) is 3. The number of rotatable bonds is 1. The summed E-state index contributed by atoms with van der Waals surface area (Å²) in [5.74, 6) is 0.476. The summed E-state index contributed by atoms with van der Waals surface area (Å²) in [4.78, 5) is 12.7. The monoisotopic (exact) mass is 392 g/mol. The first-order chi connectivity index (χ1) is 14.0. The fourth-order valence-corrected chi connectivity index (χ4v) is 3.78. The highest BCUT2D eigenvalue weighted by Gasteiger charge is 2.50. The molecule has 2 unspecified atom stereocenters. The molecule has 144 valence electrons. The van der Waals surface area contributed by atoms with E-state index in [4.69, 9.17) is 18.3 Å². The summed E-state index contributed by atoms with van der Waals surface area (Å²) in [5.41, 5.74) is 0.700. The number of ether oxygens (including phenoxy) is 2. The van der Waals surface area contributed by atoms with Crippen LogP contribution in [0.15, 0.2) is 56.3 Å². The van der Waals surface area contributed by atoms with Gasteiger partial charge in [-0.25, -0.2) is 4.79 Å². The summed E-state index contributed by atoms with van der Waals surface area (Å²) in [6, 6.07) is 8.71. The van der Waals surface area contributed by atoms with Gasteiger partial charge in [0.2, 0.25) is 6.29 Å². The smallest absolute Gasteiger partial charge is 0.348 e. The summed E-state index contributed by atoms with van der Waals surface area (Å²) in [6.45, 7) is 0. The van der Waals surface area contributed by atoms with E-state index in [1.54, 1.807) is 6.07 Å². The lowest BCUT2D eigenvalue weighted by Crippen LogP contribution is -2.05. The van der Waals surface area contributed by atoms with Crippen LogP contribution in [0, 0.1) is 0 Å². The van der Waals surface area contributed by atoms with Gasteiger partial charge in [-0.15, -0.1) is 0 Å². The molecule has 1 saturated heterocycles. The van der Waals surface area contributed by atoms with Gasteiger partial charge in [0, 0.05) is 23.3 Å². The molecular formula is C21H12O8. The molecule has 6 rings (SSSR count). The van der Waals surface area contributed by atoms with E-state index in [0.717, 1.165) is 0 Å². The Morgan fingerprint density at radius 3 is 2.59 bits per heavy atom. The first-order valence-corrected chi connectivity index (χ1v) is 8.77. The molecule has 0 bridgehead atoms. The number of phenols is 2. The largest absolute Gasteiger partial charge is 0.508 e. The summed E-state index contributed by atoms with van der Waals surface area (Å²) < 4.78 is 22.4. The molecule has 0 aliphatic carbocycles. The van der Waals surface area contributed by atoms with Gasteiger partial charge in [0.15, 0.2) is 6.10 Å². The van der Waals surface area contributed by atoms with Gasteiger partial charge in [0.25, 0.3) is 0 Å². The van der Waals surface area contributed by atoms with E-state index < -0.39 is 18.0 Å². The van der Waals surface area contributed by atoms with Crippen LogP contribution in [-0.4, -0.2) is 21.6 Å². The van der Waals surface area contributed by atoms with Crippen LogP contribution in [0.2, 0.25) is 0 Å². The zero-order chi connectivity index (χ0) is 19.9. The van der Waals surface area contributed by atoms with Crippen molar-refractivity contribution < 1.29 is 33.6 Å². The molecule has 0 spiro atoms. The minimum Gasteiger partial charge on any atom is -0.508 e. The van der Waals surface area contributed by atoms with Crippen molar-refractivity contribution in [1.82, 2.24) is 0 Å². The molecule has 0 amide bonds. The van der Waals surface area contributed by atoms with Gasteiger partial charge >= 0.3 is 5.63 Å². The highest BCUT2D eigenvalue weighted by atomic mass is 16.8. The van der Waals surface area contributed by atoms with Crippen molar-refractivity contribution in [3.05, 3.63) is 58.6 Å². The molecule has 29 heavy (non-hydrogen) atoms. The van der Waals surface area contributed by atoms with Gasteiger partial charge in [-0.2, -0.15) is 0 Å². The zero-order valence-corrected chi connectivity index (χ0v) is 14.6. The molecule has 2 aromatic heterocycles. The first kappa shape index (κ1) is 16.1. The standard InChI is InChI=1S/C21H12O8/c22-8-1-3-10-13(5-8)27-20(25)15(17(10)24)12-7-26-18-11-4-2-9(23)6-14(11)28-21-19(29-21)16(12)18/h1-7,19,21-24H. The highest BCUT2D eigenvalue weighted by molar-refractivity contribution is 5.92. The molecule has 2 aliphatic rings. The predicted octanol–water partition coefficient (Wildman–Crippen LogP) is 3.63. The Morgan fingerprint density at radius 2 is 1.72 bits per heavy atom. The minimum atomic E-state index is -0.780. The number of aromatic hydroxyl groups is 3. The van der Waals surface area contributed by atoms with Crippen molar-refractivity contribution in [2.24, 2.45) is 0 Å². The van der Waals surface area contributed by atoms with E-state index in [1.807, 2.05) is 0 Å². The van der Waals surface area contributed by atoms with Crippen LogP contribution in [0.25, 0.3) is 33.4 Å². The van der Waals surface area contributed by atoms with E-state index in [0.29, 0.717) is 28.2 Å². The van der Waals surface area contributed by atoms with Crippen molar-refractivity contribution in [2.75, 3.05) is 0 Å². The lowest BCUT2D eigenvalue weighted by atomic mass is 9.97. The maximum absolute atomic E-state index is 12.7. The maximum Gasteiger partial charge on any atom is 0.348 e. The average molecular weight is 392 g/mol. The lowest BCUT2D eigenvalue weighted by Gasteiger charge is -2.08.